The molecule has 2 aromatic rings. The Hall–Kier alpha value is -2.19. The molecule has 1 aromatic carbocycles. The molecule has 0 aliphatic rings. The van der Waals surface area contributed by atoms with Crippen molar-refractivity contribution in [3.05, 3.63) is 44.9 Å². The first-order chi connectivity index (χ1) is 9.19. The van der Waals surface area contributed by atoms with Crippen molar-refractivity contribution in [2.45, 2.75) is 6.42 Å². The minimum Gasteiger partial charge on any atom is -0.384 e. The summed E-state index contributed by atoms with van der Waals surface area (Å²) in [5.41, 5.74) is 6.32. The van der Waals surface area contributed by atoms with Crippen LogP contribution in [0.3, 0.4) is 0 Å². The third kappa shape index (κ3) is 3.63. The first-order valence-corrected chi connectivity index (χ1v) is 6.50. The number of hydrogen-bond acceptors (Lipinski definition) is 7. The van der Waals surface area contributed by atoms with Crippen LogP contribution in [-0.2, 0) is 6.42 Å². The van der Waals surface area contributed by atoms with Gasteiger partial charge in [-0.1, -0.05) is 0 Å². The van der Waals surface area contributed by atoms with Gasteiger partial charge in [0.25, 0.3) is 5.69 Å². The largest absolute Gasteiger partial charge is 0.384 e. The number of nitro groups is 1. The van der Waals surface area contributed by atoms with Crippen molar-refractivity contribution in [2.75, 3.05) is 17.3 Å². The first-order valence-electron chi connectivity index (χ1n) is 5.56. The van der Waals surface area contributed by atoms with Crippen molar-refractivity contribution in [1.82, 2.24) is 4.98 Å². The maximum atomic E-state index is 10.8. The molecule has 0 aliphatic heterocycles. The summed E-state index contributed by atoms with van der Waals surface area (Å²) in [5, 5.41) is 15.9. The number of thiazole rings is 1. The van der Waals surface area contributed by atoms with E-state index in [9.17, 15) is 10.1 Å². The van der Waals surface area contributed by atoms with Crippen LogP contribution < -0.4 is 16.6 Å². The average molecular weight is 279 g/mol. The van der Waals surface area contributed by atoms with Crippen LogP contribution in [0, 0.1) is 10.1 Å². The molecule has 0 radical (unpaired) electrons. The molecule has 0 unspecified atom stereocenters. The lowest BCUT2D eigenvalue weighted by Gasteiger charge is -2.07. The Kier molecular flexibility index (Phi) is 4.26. The molecule has 0 saturated heterocycles. The van der Waals surface area contributed by atoms with Gasteiger partial charge in [-0.15, -0.1) is 11.3 Å². The predicted molar refractivity (Wildman–Crippen MR) is 75.2 cm³/mol. The van der Waals surface area contributed by atoms with Gasteiger partial charge in [0.2, 0.25) is 0 Å². The van der Waals surface area contributed by atoms with Crippen LogP contribution in [0.15, 0.2) is 29.1 Å². The van der Waals surface area contributed by atoms with Crippen molar-refractivity contribution in [3.63, 3.8) is 0 Å². The smallest absolute Gasteiger partial charge is 0.273 e. The van der Waals surface area contributed by atoms with Gasteiger partial charge in [-0.05, 0) is 6.07 Å². The minimum absolute atomic E-state index is 0.00777. The van der Waals surface area contributed by atoms with Gasteiger partial charge in [-0.3, -0.25) is 16.0 Å². The van der Waals surface area contributed by atoms with E-state index in [1.165, 1.54) is 12.1 Å². The zero-order chi connectivity index (χ0) is 13.7. The van der Waals surface area contributed by atoms with Gasteiger partial charge in [0.15, 0.2) is 0 Å². The number of hydrogen-bond donors (Lipinski definition) is 3. The van der Waals surface area contributed by atoms with E-state index >= 15 is 0 Å². The predicted octanol–water partition coefficient (Wildman–Crippen LogP) is 1.99. The molecule has 0 amide bonds. The number of nitro benzene ring substituents is 1. The van der Waals surface area contributed by atoms with Crippen molar-refractivity contribution < 1.29 is 4.92 Å². The fraction of sp³-hybridized carbons (Fsp3) is 0.182. The number of nitrogen functional groups attached to an aromatic ring is 1. The van der Waals surface area contributed by atoms with Crippen LogP contribution in [0.25, 0.3) is 0 Å². The van der Waals surface area contributed by atoms with E-state index in [4.69, 9.17) is 5.84 Å². The molecule has 8 heteroatoms. The maximum absolute atomic E-state index is 10.8. The maximum Gasteiger partial charge on any atom is 0.273 e. The monoisotopic (exact) mass is 279 g/mol. The van der Waals surface area contributed by atoms with Crippen molar-refractivity contribution in [2.24, 2.45) is 5.84 Å². The summed E-state index contributed by atoms with van der Waals surface area (Å²) in [7, 11) is 0. The molecule has 0 bridgehead atoms. The SMILES string of the molecule is NNc1cc(NCCc2cscn2)cc([N+](=O)[O-])c1. The number of nitrogens with one attached hydrogen (secondary N) is 2. The van der Waals surface area contributed by atoms with Gasteiger partial charge in [0.1, 0.15) is 0 Å². The molecular weight excluding hydrogens is 266 g/mol. The van der Waals surface area contributed by atoms with Crippen molar-refractivity contribution >= 4 is 28.4 Å². The second kappa shape index (κ2) is 6.12. The highest BCUT2D eigenvalue weighted by Gasteiger charge is 2.09. The lowest BCUT2D eigenvalue weighted by molar-refractivity contribution is -0.384. The zero-order valence-electron chi connectivity index (χ0n) is 10.00. The summed E-state index contributed by atoms with van der Waals surface area (Å²) in [6, 6.07) is 4.57. The van der Waals surface area contributed by atoms with Gasteiger partial charge >= 0.3 is 0 Å². The Labute approximate surface area is 113 Å². The lowest BCUT2D eigenvalue weighted by Crippen LogP contribution is -2.09. The highest BCUT2D eigenvalue weighted by Crippen LogP contribution is 2.23. The third-order valence-electron chi connectivity index (χ3n) is 2.49. The number of aromatic nitrogens is 1. The molecule has 1 aromatic heterocycles. The summed E-state index contributed by atoms with van der Waals surface area (Å²) in [6.07, 6.45) is 0.761. The molecule has 19 heavy (non-hydrogen) atoms. The normalized spacial score (nSPS) is 10.2. The second-order valence-electron chi connectivity index (χ2n) is 3.83. The molecule has 0 spiro atoms. The molecule has 0 saturated carbocycles. The van der Waals surface area contributed by atoms with Crippen molar-refractivity contribution in [3.8, 4) is 0 Å². The summed E-state index contributed by atoms with van der Waals surface area (Å²) < 4.78 is 0. The fourth-order valence-electron chi connectivity index (χ4n) is 1.60. The summed E-state index contributed by atoms with van der Waals surface area (Å²) in [4.78, 5) is 14.5. The van der Waals surface area contributed by atoms with Crippen LogP contribution in [0.2, 0.25) is 0 Å². The molecule has 100 valence electrons. The molecule has 0 fully saturated rings. The van der Waals surface area contributed by atoms with E-state index in [1.807, 2.05) is 5.38 Å². The lowest BCUT2D eigenvalue weighted by atomic mass is 10.2. The molecule has 2 rings (SSSR count). The Morgan fingerprint density at radius 2 is 2.16 bits per heavy atom. The summed E-state index contributed by atoms with van der Waals surface area (Å²) in [6.45, 7) is 0.648. The van der Waals surface area contributed by atoms with Gasteiger partial charge in [-0.25, -0.2) is 4.98 Å². The highest BCUT2D eigenvalue weighted by molar-refractivity contribution is 7.07. The molecule has 4 N–H and O–H groups in total. The minimum atomic E-state index is -0.452. The van der Waals surface area contributed by atoms with Crippen LogP contribution in [0.1, 0.15) is 5.69 Å². The standard InChI is InChI=1S/C11H13N5O2S/c12-15-10-3-9(4-11(5-10)16(17)18)13-2-1-8-6-19-7-14-8/h3-7,13,15H,1-2,12H2. The van der Waals surface area contributed by atoms with Crippen LogP contribution in [-0.4, -0.2) is 16.5 Å². The Bertz CT molecular complexity index is 558. The fourth-order valence-corrected chi connectivity index (χ4v) is 2.19. The van der Waals surface area contributed by atoms with E-state index in [2.05, 4.69) is 15.7 Å². The van der Waals surface area contributed by atoms with Crippen molar-refractivity contribution in [1.29, 1.82) is 0 Å². The topological polar surface area (TPSA) is 106 Å². The molecule has 1 heterocycles. The molecule has 0 aliphatic carbocycles. The quantitative estimate of drug-likeness (QED) is 0.424. The number of non-ortho nitro benzene ring substituents is 1. The van der Waals surface area contributed by atoms with Gasteiger partial charge in [-0.2, -0.15) is 0 Å². The Balaban J connectivity index is 2.02. The number of anilines is 2. The van der Waals surface area contributed by atoms with E-state index in [-0.39, 0.29) is 5.69 Å². The van der Waals surface area contributed by atoms with Gasteiger partial charge < -0.3 is 10.7 Å². The number of rotatable bonds is 6. The highest BCUT2D eigenvalue weighted by atomic mass is 32.1. The first kappa shape index (κ1) is 13.2. The summed E-state index contributed by atoms with van der Waals surface area (Å²) in [5.74, 6) is 5.28. The summed E-state index contributed by atoms with van der Waals surface area (Å²) >= 11 is 1.54. The van der Waals surface area contributed by atoms with Gasteiger partial charge in [0, 0.05) is 36.2 Å². The van der Waals surface area contributed by atoms with Crippen LogP contribution in [0.4, 0.5) is 17.1 Å². The van der Waals surface area contributed by atoms with Crippen LogP contribution >= 0.6 is 11.3 Å². The number of hydrazine groups is 1. The van der Waals surface area contributed by atoms with Gasteiger partial charge in [0.05, 0.1) is 21.8 Å². The van der Waals surface area contributed by atoms with Crippen LogP contribution in [0.5, 0.6) is 0 Å². The number of nitrogens with two attached hydrogens (primary N) is 1. The molecular formula is C11H13N5O2S. The molecule has 7 nitrogen and oxygen atoms in total. The molecule has 0 atom stereocenters. The third-order valence-corrected chi connectivity index (χ3v) is 3.12. The Morgan fingerprint density at radius 1 is 1.37 bits per heavy atom. The number of nitrogens with zero attached hydrogens (tertiary/aromatic N) is 2. The van der Waals surface area contributed by atoms with E-state index in [0.717, 1.165) is 12.1 Å². The Morgan fingerprint density at radius 3 is 2.79 bits per heavy atom. The zero-order valence-corrected chi connectivity index (χ0v) is 10.8. The number of benzene rings is 1. The van der Waals surface area contributed by atoms with E-state index in [0.29, 0.717) is 17.9 Å². The second-order valence-corrected chi connectivity index (χ2v) is 4.55. The van der Waals surface area contributed by atoms with E-state index < -0.39 is 4.92 Å². The van der Waals surface area contributed by atoms with E-state index in [1.54, 1.807) is 22.9 Å². The average Bonchev–Trinajstić information content (AvgIpc) is 2.91.